The van der Waals surface area contributed by atoms with Crippen LogP contribution in [0.2, 0.25) is 0 Å². The molecule has 19 heavy (non-hydrogen) atoms. The Hall–Kier alpha value is -1.72. The summed E-state index contributed by atoms with van der Waals surface area (Å²) in [5.41, 5.74) is 1.35. The molecule has 1 heterocycles. The van der Waals surface area contributed by atoms with Crippen molar-refractivity contribution in [2.45, 2.75) is 6.04 Å². The highest BCUT2D eigenvalue weighted by atomic mass is 79.9. The molecule has 1 aromatic heterocycles. The van der Waals surface area contributed by atoms with Crippen LogP contribution in [0.1, 0.15) is 22.0 Å². The van der Waals surface area contributed by atoms with Gasteiger partial charge in [0.2, 0.25) is 0 Å². The van der Waals surface area contributed by atoms with Crippen LogP contribution in [0, 0.1) is 0 Å². The summed E-state index contributed by atoms with van der Waals surface area (Å²) in [5.74, 6) is -0.253. The van der Waals surface area contributed by atoms with Crippen LogP contribution >= 0.6 is 15.9 Å². The van der Waals surface area contributed by atoms with E-state index in [1.165, 1.54) is 0 Å². The lowest BCUT2D eigenvalue weighted by molar-refractivity contribution is 0.0915. The van der Waals surface area contributed by atoms with Crippen LogP contribution in [0.3, 0.4) is 0 Å². The summed E-state index contributed by atoms with van der Waals surface area (Å²) >= 11 is 3.28. The molecule has 0 aliphatic carbocycles. The minimum atomic E-state index is -0.422. The lowest BCUT2D eigenvalue weighted by atomic mass is 10.1. The molecule has 0 bridgehead atoms. The minimum absolute atomic E-state index is 0.154. The van der Waals surface area contributed by atoms with E-state index in [9.17, 15) is 9.90 Å². The fraction of sp³-hybridized carbons (Fsp3) is 0.143. The van der Waals surface area contributed by atoms with Crippen LogP contribution in [0.4, 0.5) is 0 Å². The van der Waals surface area contributed by atoms with Gasteiger partial charge >= 0.3 is 0 Å². The Morgan fingerprint density at radius 2 is 2.05 bits per heavy atom. The third-order valence-corrected chi connectivity index (χ3v) is 3.34. The number of nitrogens with zero attached hydrogens (tertiary/aromatic N) is 1. The van der Waals surface area contributed by atoms with Crippen LogP contribution in [0.15, 0.2) is 53.3 Å². The third kappa shape index (κ3) is 3.39. The zero-order valence-electron chi connectivity index (χ0n) is 10.1. The van der Waals surface area contributed by atoms with Crippen LogP contribution < -0.4 is 5.32 Å². The topological polar surface area (TPSA) is 62.2 Å². The molecule has 0 radical (unpaired) electrons. The second-order valence-electron chi connectivity index (χ2n) is 3.97. The molecule has 0 aliphatic heterocycles. The van der Waals surface area contributed by atoms with Crippen LogP contribution in [0.25, 0.3) is 0 Å². The van der Waals surface area contributed by atoms with Crippen molar-refractivity contribution in [3.05, 3.63) is 64.4 Å². The van der Waals surface area contributed by atoms with Crippen molar-refractivity contribution >= 4 is 21.8 Å². The van der Waals surface area contributed by atoms with Crippen molar-refractivity contribution in [2.75, 3.05) is 6.61 Å². The molecule has 0 aliphatic rings. The van der Waals surface area contributed by atoms with Gasteiger partial charge in [0.05, 0.1) is 18.2 Å². The maximum absolute atomic E-state index is 12.1. The van der Waals surface area contributed by atoms with E-state index in [1.54, 1.807) is 18.5 Å². The standard InChI is InChI=1S/C14H13BrN2O2/c15-12-8-16-7-6-11(12)14(19)17-13(9-18)10-4-2-1-3-5-10/h1-8,13,18H,9H2,(H,17,19). The predicted octanol–water partition coefficient (Wildman–Crippen LogP) is 2.31. The highest BCUT2D eigenvalue weighted by Gasteiger charge is 2.16. The number of carbonyl (C=O) groups is 1. The molecule has 0 saturated carbocycles. The van der Waals surface area contributed by atoms with Gasteiger partial charge in [0, 0.05) is 16.9 Å². The van der Waals surface area contributed by atoms with Crippen LogP contribution in [-0.4, -0.2) is 22.6 Å². The van der Waals surface area contributed by atoms with Crippen molar-refractivity contribution in [3.63, 3.8) is 0 Å². The Morgan fingerprint density at radius 1 is 1.32 bits per heavy atom. The first kappa shape index (κ1) is 13.7. The number of halogens is 1. The first-order valence-electron chi connectivity index (χ1n) is 5.78. The molecule has 1 amide bonds. The predicted molar refractivity (Wildman–Crippen MR) is 75.7 cm³/mol. The number of aliphatic hydroxyl groups is 1. The molecule has 2 aromatic rings. The number of aromatic nitrogens is 1. The van der Waals surface area contributed by atoms with Crippen LogP contribution in [0.5, 0.6) is 0 Å². The van der Waals surface area contributed by atoms with Crippen molar-refractivity contribution < 1.29 is 9.90 Å². The Morgan fingerprint density at radius 3 is 2.68 bits per heavy atom. The van der Waals surface area contributed by atoms with E-state index in [0.29, 0.717) is 10.0 Å². The number of pyridine rings is 1. The number of nitrogens with one attached hydrogen (secondary N) is 1. The summed E-state index contributed by atoms with van der Waals surface area (Å²) in [6, 6.07) is 10.6. The number of aliphatic hydroxyl groups excluding tert-OH is 1. The van der Waals surface area contributed by atoms with Gasteiger partial charge in [-0.1, -0.05) is 30.3 Å². The molecule has 0 saturated heterocycles. The molecule has 2 rings (SSSR count). The van der Waals surface area contributed by atoms with E-state index < -0.39 is 6.04 Å². The quantitative estimate of drug-likeness (QED) is 0.908. The summed E-state index contributed by atoms with van der Waals surface area (Å²) < 4.78 is 0.622. The normalized spacial score (nSPS) is 11.9. The smallest absolute Gasteiger partial charge is 0.253 e. The molecule has 0 fully saturated rings. The van der Waals surface area contributed by atoms with Gasteiger partial charge in [0.1, 0.15) is 0 Å². The zero-order chi connectivity index (χ0) is 13.7. The highest BCUT2D eigenvalue weighted by molar-refractivity contribution is 9.10. The summed E-state index contributed by atoms with van der Waals surface area (Å²) in [5, 5.41) is 12.2. The van der Waals surface area contributed by atoms with Crippen LogP contribution in [-0.2, 0) is 0 Å². The van der Waals surface area contributed by atoms with Crippen molar-refractivity contribution in [3.8, 4) is 0 Å². The number of hydrogen-bond donors (Lipinski definition) is 2. The first-order valence-corrected chi connectivity index (χ1v) is 6.58. The van der Waals surface area contributed by atoms with E-state index >= 15 is 0 Å². The van der Waals surface area contributed by atoms with E-state index in [1.807, 2.05) is 30.3 Å². The first-order chi connectivity index (χ1) is 9.22. The maximum atomic E-state index is 12.1. The van der Waals surface area contributed by atoms with E-state index in [4.69, 9.17) is 0 Å². The lowest BCUT2D eigenvalue weighted by Crippen LogP contribution is -2.31. The van der Waals surface area contributed by atoms with Crippen molar-refractivity contribution in [1.29, 1.82) is 0 Å². The van der Waals surface area contributed by atoms with Gasteiger partial charge in [-0.2, -0.15) is 0 Å². The largest absolute Gasteiger partial charge is 0.394 e. The molecular weight excluding hydrogens is 308 g/mol. The molecule has 4 nitrogen and oxygen atoms in total. The molecule has 2 N–H and O–H groups in total. The Balaban J connectivity index is 2.16. The molecule has 1 atom stereocenters. The number of carbonyl (C=O) groups excluding carboxylic acids is 1. The molecular formula is C14H13BrN2O2. The van der Waals surface area contributed by atoms with E-state index in [-0.39, 0.29) is 12.5 Å². The fourth-order valence-electron chi connectivity index (χ4n) is 1.72. The molecule has 98 valence electrons. The summed E-state index contributed by atoms with van der Waals surface area (Å²) in [6.07, 6.45) is 3.11. The van der Waals surface area contributed by atoms with E-state index in [2.05, 4.69) is 26.2 Å². The summed E-state index contributed by atoms with van der Waals surface area (Å²) in [7, 11) is 0. The lowest BCUT2D eigenvalue weighted by Gasteiger charge is -2.17. The van der Waals surface area contributed by atoms with Gasteiger partial charge < -0.3 is 10.4 Å². The van der Waals surface area contributed by atoms with Crippen molar-refractivity contribution in [1.82, 2.24) is 10.3 Å². The SMILES string of the molecule is O=C(NC(CO)c1ccccc1)c1ccncc1Br. The number of rotatable bonds is 4. The molecule has 0 spiro atoms. The summed E-state index contributed by atoms with van der Waals surface area (Å²) in [4.78, 5) is 16.0. The van der Waals surface area contributed by atoms with Gasteiger partial charge in [-0.3, -0.25) is 9.78 Å². The number of hydrogen-bond acceptors (Lipinski definition) is 3. The number of amides is 1. The third-order valence-electron chi connectivity index (χ3n) is 2.71. The highest BCUT2D eigenvalue weighted by Crippen LogP contribution is 2.17. The molecule has 1 aromatic carbocycles. The second kappa shape index (κ2) is 6.45. The average molecular weight is 321 g/mol. The minimum Gasteiger partial charge on any atom is -0.394 e. The Labute approximate surface area is 119 Å². The summed E-state index contributed by atoms with van der Waals surface area (Å²) in [6.45, 7) is -0.154. The average Bonchev–Trinajstić information content (AvgIpc) is 2.46. The number of benzene rings is 1. The second-order valence-corrected chi connectivity index (χ2v) is 4.83. The van der Waals surface area contributed by atoms with Gasteiger partial charge in [-0.05, 0) is 27.6 Å². The maximum Gasteiger partial charge on any atom is 0.253 e. The van der Waals surface area contributed by atoms with Gasteiger partial charge in [0.25, 0.3) is 5.91 Å². The van der Waals surface area contributed by atoms with Gasteiger partial charge in [-0.15, -0.1) is 0 Å². The molecule has 1 unspecified atom stereocenters. The Kier molecular flexibility index (Phi) is 4.65. The molecule has 5 heteroatoms. The van der Waals surface area contributed by atoms with E-state index in [0.717, 1.165) is 5.56 Å². The monoisotopic (exact) mass is 320 g/mol. The van der Waals surface area contributed by atoms with Gasteiger partial charge in [0.15, 0.2) is 0 Å². The van der Waals surface area contributed by atoms with Crippen molar-refractivity contribution in [2.24, 2.45) is 0 Å². The Bertz CT molecular complexity index is 560. The fourth-order valence-corrected chi connectivity index (χ4v) is 2.15. The van der Waals surface area contributed by atoms with Gasteiger partial charge in [-0.25, -0.2) is 0 Å². The zero-order valence-corrected chi connectivity index (χ0v) is 11.7.